The molecule has 4 nitrogen and oxygen atoms in total. The topological polar surface area (TPSA) is 67.3 Å². The molecule has 2 rings (SSSR count). The molecule has 0 unspecified atom stereocenters. The smallest absolute Gasteiger partial charge is 0.379 e. The number of hydrogen-bond donors (Lipinski definition) is 1. The van der Waals surface area contributed by atoms with Crippen molar-refractivity contribution in [1.29, 1.82) is 0 Å². The van der Waals surface area contributed by atoms with Crippen molar-refractivity contribution < 1.29 is 14.7 Å². The maximum atomic E-state index is 11.1. The molecule has 1 N–H and O–H groups in total. The Morgan fingerprint density at radius 3 is 2.50 bits per heavy atom. The summed E-state index contributed by atoms with van der Waals surface area (Å²) in [6, 6.07) is 9.29. The number of rotatable bonds is 3. The molecule has 16 heavy (non-hydrogen) atoms. The van der Waals surface area contributed by atoms with Gasteiger partial charge in [-0.1, -0.05) is 30.3 Å². The third-order valence-corrected chi connectivity index (χ3v) is 2.80. The number of carbonyl (C=O) groups is 2. The van der Waals surface area contributed by atoms with Gasteiger partial charge in [0, 0.05) is 10.9 Å². The quantitative estimate of drug-likeness (QED) is 0.651. The average Bonchev–Trinajstić information content (AvgIpc) is 2.78. The van der Waals surface area contributed by atoms with Gasteiger partial charge in [0.2, 0.25) is 0 Å². The number of hydrogen-bond acceptors (Lipinski definition) is 4. The lowest BCUT2D eigenvalue weighted by molar-refractivity contribution is -0.131. The molecular weight excluding hydrogens is 226 g/mol. The van der Waals surface area contributed by atoms with Crippen LogP contribution >= 0.6 is 11.3 Å². The van der Waals surface area contributed by atoms with E-state index in [0.29, 0.717) is 5.69 Å². The highest BCUT2D eigenvalue weighted by atomic mass is 32.1. The number of ketones is 1. The van der Waals surface area contributed by atoms with E-state index < -0.39 is 11.8 Å². The third kappa shape index (κ3) is 1.99. The summed E-state index contributed by atoms with van der Waals surface area (Å²) in [6.07, 6.45) is 0. The number of nitrogens with zero attached hydrogens (tertiary/aromatic N) is 1. The number of carbonyl (C=O) groups excluding carboxylic acids is 1. The summed E-state index contributed by atoms with van der Waals surface area (Å²) in [5, 5.41) is 10.2. The van der Waals surface area contributed by atoms with Gasteiger partial charge in [-0.25, -0.2) is 9.78 Å². The molecule has 1 aromatic heterocycles. The van der Waals surface area contributed by atoms with E-state index in [1.54, 1.807) is 5.38 Å². The lowest BCUT2D eigenvalue weighted by Crippen LogP contribution is -2.12. The molecule has 0 aliphatic rings. The Hall–Kier alpha value is -2.01. The van der Waals surface area contributed by atoms with Gasteiger partial charge in [-0.05, 0) is 0 Å². The van der Waals surface area contributed by atoms with Crippen molar-refractivity contribution in [2.24, 2.45) is 0 Å². The van der Waals surface area contributed by atoms with E-state index in [1.807, 2.05) is 30.3 Å². The summed E-state index contributed by atoms with van der Waals surface area (Å²) in [5.74, 6) is -2.44. The van der Waals surface area contributed by atoms with Crippen LogP contribution in [0.4, 0.5) is 0 Å². The molecule has 0 saturated carbocycles. The van der Waals surface area contributed by atoms with Gasteiger partial charge >= 0.3 is 5.97 Å². The Morgan fingerprint density at radius 2 is 1.88 bits per heavy atom. The predicted octanol–water partition coefficient (Wildman–Crippen LogP) is 2.08. The number of thiazole rings is 1. The van der Waals surface area contributed by atoms with Gasteiger partial charge in [0.05, 0.1) is 5.69 Å². The van der Waals surface area contributed by atoms with Crippen LogP contribution in [0.25, 0.3) is 11.3 Å². The normalized spacial score (nSPS) is 10.0. The van der Waals surface area contributed by atoms with Gasteiger partial charge in [0.25, 0.3) is 5.78 Å². The molecule has 0 amide bonds. The largest absolute Gasteiger partial charge is 0.475 e. The summed E-state index contributed by atoms with van der Waals surface area (Å²) in [6.45, 7) is 0. The molecule has 0 fully saturated rings. The van der Waals surface area contributed by atoms with Crippen LogP contribution in [0.1, 0.15) is 9.80 Å². The maximum absolute atomic E-state index is 11.1. The second-order valence-corrected chi connectivity index (χ2v) is 3.90. The van der Waals surface area contributed by atoms with Gasteiger partial charge in [-0.2, -0.15) is 0 Å². The molecule has 0 radical (unpaired) electrons. The number of aromatic nitrogens is 1. The molecule has 0 bridgehead atoms. The Kier molecular flexibility index (Phi) is 2.78. The number of aliphatic carboxylic acids is 1. The van der Waals surface area contributed by atoms with Crippen LogP contribution in [0.3, 0.4) is 0 Å². The molecule has 0 aliphatic carbocycles. The molecule has 0 aliphatic heterocycles. The summed E-state index contributed by atoms with van der Waals surface area (Å²) in [5.41, 5.74) is 1.48. The maximum Gasteiger partial charge on any atom is 0.379 e. The molecule has 80 valence electrons. The molecule has 5 heteroatoms. The van der Waals surface area contributed by atoms with E-state index in [4.69, 9.17) is 5.11 Å². The van der Waals surface area contributed by atoms with E-state index in [0.717, 1.165) is 16.9 Å². The number of Topliss-reactive ketones (excluding diaryl/α,β-unsaturated/α-hetero) is 1. The van der Waals surface area contributed by atoms with Crippen LogP contribution in [0.15, 0.2) is 35.7 Å². The van der Waals surface area contributed by atoms with E-state index in [2.05, 4.69) is 4.98 Å². The highest BCUT2D eigenvalue weighted by Crippen LogP contribution is 2.21. The van der Waals surface area contributed by atoms with Crippen molar-refractivity contribution in [3.05, 3.63) is 40.7 Å². The van der Waals surface area contributed by atoms with Crippen molar-refractivity contribution >= 4 is 23.1 Å². The first-order valence-electron chi connectivity index (χ1n) is 4.47. The van der Waals surface area contributed by atoms with Crippen LogP contribution in [0.5, 0.6) is 0 Å². The fraction of sp³-hybridized carbons (Fsp3) is 0. The van der Waals surface area contributed by atoms with E-state index >= 15 is 0 Å². The second-order valence-electron chi connectivity index (χ2n) is 3.04. The Labute approximate surface area is 95.2 Å². The van der Waals surface area contributed by atoms with Crippen LogP contribution in [0, 0.1) is 0 Å². The van der Waals surface area contributed by atoms with Crippen LogP contribution < -0.4 is 0 Å². The first-order chi connectivity index (χ1) is 7.68. The fourth-order valence-corrected chi connectivity index (χ4v) is 1.97. The van der Waals surface area contributed by atoms with Crippen molar-refractivity contribution in [1.82, 2.24) is 4.98 Å². The number of carboxylic acids is 1. The van der Waals surface area contributed by atoms with Crippen molar-refractivity contribution in [3.63, 3.8) is 0 Å². The Bertz CT molecular complexity index is 533. The average molecular weight is 233 g/mol. The molecule has 2 aromatic rings. The van der Waals surface area contributed by atoms with E-state index in [-0.39, 0.29) is 5.01 Å². The van der Waals surface area contributed by atoms with Crippen molar-refractivity contribution in [2.45, 2.75) is 0 Å². The second kappa shape index (κ2) is 4.24. The van der Waals surface area contributed by atoms with Gasteiger partial charge in [-0.15, -0.1) is 11.3 Å². The number of carboxylic acid groups (broad SMARTS) is 1. The minimum atomic E-state index is -1.48. The minimum absolute atomic E-state index is 0.00588. The van der Waals surface area contributed by atoms with Crippen LogP contribution in [-0.4, -0.2) is 21.8 Å². The van der Waals surface area contributed by atoms with Crippen molar-refractivity contribution in [2.75, 3.05) is 0 Å². The van der Waals surface area contributed by atoms with Gasteiger partial charge in [-0.3, -0.25) is 4.79 Å². The van der Waals surface area contributed by atoms with Gasteiger partial charge in [0.1, 0.15) is 0 Å². The van der Waals surface area contributed by atoms with Crippen LogP contribution in [-0.2, 0) is 4.79 Å². The SMILES string of the molecule is O=C(O)C(=O)c1nc(-c2ccccc2)cs1. The predicted molar refractivity (Wildman–Crippen MR) is 59.5 cm³/mol. The molecule has 0 atom stereocenters. The third-order valence-electron chi connectivity index (χ3n) is 1.96. The Balaban J connectivity index is 2.34. The van der Waals surface area contributed by atoms with Gasteiger partial charge in [0.15, 0.2) is 5.01 Å². The lowest BCUT2D eigenvalue weighted by Gasteiger charge is -1.93. The molecule has 1 aromatic carbocycles. The van der Waals surface area contributed by atoms with E-state index in [9.17, 15) is 9.59 Å². The number of benzene rings is 1. The first-order valence-corrected chi connectivity index (χ1v) is 5.35. The molecule has 0 spiro atoms. The molecule has 1 heterocycles. The van der Waals surface area contributed by atoms with Gasteiger partial charge < -0.3 is 5.11 Å². The summed E-state index contributed by atoms with van der Waals surface area (Å²) in [7, 11) is 0. The monoisotopic (exact) mass is 233 g/mol. The van der Waals surface area contributed by atoms with E-state index in [1.165, 1.54) is 0 Å². The zero-order valence-corrected chi connectivity index (χ0v) is 8.90. The molecule has 0 saturated heterocycles. The summed E-state index contributed by atoms with van der Waals surface area (Å²) in [4.78, 5) is 25.6. The summed E-state index contributed by atoms with van der Waals surface area (Å²) < 4.78 is 0. The minimum Gasteiger partial charge on any atom is -0.475 e. The lowest BCUT2D eigenvalue weighted by atomic mass is 10.2. The summed E-state index contributed by atoms with van der Waals surface area (Å²) >= 11 is 1.04. The highest BCUT2D eigenvalue weighted by Gasteiger charge is 2.18. The standard InChI is InChI=1S/C11H7NO3S/c13-9(11(14)15)10-12-8(6-16-10)7-4-2-1-3-5-7/h1-6H,(H,14,15). The highest BCUT2D eigenvalue weighted by molar-refractivity contribution is 7.12. The molecular formula is C11H7NO3S. The zero-order chi connectivity index (χ0) is 11.5. The first kappa shape index (κ1) is 10.5. The van der Waals surface area contributed by atoms with Crippen LogP contribution in [0.2, 0.25) is 0 Å². The fourth-order valence-electron chi connectivity index (χ4n) is 1.21. The van der Waals surface area contributed by atoms with Crippen molar-refractivity contribution in [3.8, 4) is 11.3 Å². The Morgan fingerprint density at radius 1 is 1.19 bits per heavy atom. The zero-order valence-electron chi connectivity index (χ0n) is 8.08.